The number of nitrogens with zero attached hydrogens (tertiary/aromatic N) is 2. The Kier molecular flexibility index (Phi) is 3.84. The van der Waals surface area contributed by atoms with Gasteiger partial charge < -0.3 is 0 Å². The van der Waals surface area contributed by atoms with Gasteiger partial charge >= 0.3 is 0 Å². The Hall–Kier alpha value is -2.08. The van der Waals surface area contributed by atoms with Gasteiger partial charge in [0.1, 0.15) is 0 Å². The van der Waals surface area contributed by atoms with E-state index in [0.29, 0.717) is 12.1 Å². The Balaban J connectivity index is 3.17. The smallest absolute Gasteiger partial charge is 0.237 e. The van der Waals surface area contributed by atoms with E-state index in [9.17, 15) is 4.79 Å². The van der Waals surface area contributed by atoms with E-state index in [0.717, 1.165) is 16.0 Å². The molecule has 0 aromatic heterocycles. The van der Waals surface area contributed by atoms with Crippen LogP contribution in [0.4, 0.5) is 5.69 Å². The molecule has 0 heterocycles. The highest BCUT2D eigenvalue weighted by molar-refractivity contribution is 5.95. The van der Waals surface area contributed by atoms with Gasteiger partial charge in [-0.1, -0.05) is 30.4 Å². The van der Waals surface area contributed by atoms with Crippen molar-refractivity contribution in [1.29, 1.82) is 5.26 Å². The molecule has 0 aliphatic carbocycles. The van der Waals surface area contributed by atoms with E-state index in [4.69, 9.17) is 5.26 Å². The molecular formula is C13H14N2O. The van der Waals surface area contributed by atoms with Crippen molar-refractivity contribution >= 4 is 11.6 Å². The van der Waals surface area contributed by atoms with Crippen molar-refractivity contribution in [2.75, 3.05) is 4.90 Å². The standard InChI is InChI=1S/C13H14N2O/c1-10(2)8-12-6-4-5-7-13(12)15(9-14)11(3)16/h4-7H,1,8H2,2-3H3. The van der Waals surface area contributed by atoms with Crippen LogP contribution in [0.1, 0.15) is 19.4 Å². The number of rotatable bonds is 3. The molecule has 0 atom stereocenters. The maximum atomic E-state index is 11.3. The topological polar surface area (TPSA) is 44.1 Å². The van der Waals surface area contributed by atoms with Gasteiger partial charge in [-0.25, -0.2) is 4.90 Å². The largest absolute Gasteiger partial charge is 0.274 e. The van der Waals surface area contributed by atoms with Gasteiger partial charge in [0.15, 0.2) is 6.19 Å². The van der Waals surface area contributed by atoms with E-state index in [1.54, 1.807) is 6.07 Å². The second-order valence-electron chi connectivity index (χ2n) is 3.72. The minimum atomic E-state index is -0.281. The van der Waals surface area contributed by atoms with Gasteiger partial charge in [-0.3, -0.25) is 4.79 Å². The monoisotopic (exact) mass is 214 g/mol. The number of carbonyl (C=O) groups excluding carboxylic acids is 1. The van der Waals surface area contributed by atoms with Crippen molar-refractivity contribution in [1.82, 2.24) is 0 Å². The summed E-state index contributed by atoms with van der Waals surface area (Å²) < 4.78 is 0. The van der Waals surface area contributed by atoms with Crippen LogP contribution in [0, 0.1) is 11.5 Å². The van der Waals surface area contributed by atoms with Crippen molar-refractivity contribution < 1.29 is 4.79 Å². The third-order valence-corrected chi connectivity index (χ3v) is 2.14. The second kappa shape index (κ2) is 5.13. The summed E-state index contributed by atoms with van der Waals surface area (Å²) in [6, 6.07) is 7.36. The first-order valence-corrected chi connectivity index (χ1v) is 4.99. The third-order valence-electron chi connectivity index (χ3n) is 2.14. The maximum absolute atomic E-state index is 11.3. The lowest BCUT2D eigenvalue weighted by Crippen LogP contribution is -2.23. The van der Waals surface area contributed by atoms with Gasteiger partial charge in [-0.15, -0.1) is 0 Å². The molecule has 1 amide bonds. The Labute approximate surface area is 95.6 Å². The van der Waals surface area contributed by atoms with E-state index in [-0.39, 0.29) is 5.91 Å². The molecule has 0 N–H and O–H groups in total. The van der Waals surface area contributed by atoms with Crippen LogP contribution < -0.4 is 4.90 Å². The highest BCUT2D eigenvalue weighted by atomic mass is 16.2. The molecule has 16 heavy (non-hydrogen) atoms. The van der Waals surface area contributed by atoms with Gasteiger partial charge in [0.05, 0.1) is 5.69 Å². The van der Waals surface area contributed by atoms with E-state index in [1.165, 1.54) is 6.92 Å². The van der Waals surface area contributed by atoms with E-state index in [1.807, 2.05) is 31.3 Å². The normalized spacial score (nSPS) is 9.31. The fourth-order valence-electron chi connectivity index (χ4n) is 1.50. The first-order valence-electron chi connectivity index (χ1n) is 4.99. The van der Waals surface area contributed by atoms with Crippen LogP contribution in [-0.2, 0) is 11.2 Å². The zero-order chi connectivity index (χ0) is 12.1. The van der Waals surface area contributed by atoms with Crippen molar-refractivity contribution in [3.63, 3.8) is 0 Å². The lowest BCUT2D eigenvalue weighted by molar-refractivity contribution is -0.115. The SMILES string of the molecule is C=C(C)Cc1ccccc1N(C#N)C(C)=O. The van der Waals surface area contributed by atoms with Gasteiger partial charge in [0.2, 0.25) is 5.91 Å². The summed E-state index contributed by atoms with van der Waals surface area (Å²) in [4.78, 5) is 12.4. The predicted molar refractivity (Wildman–Crippen MR) is 63.7 cm³/mol. The van der Waals surface area contributed by atoms with E-state index >= 15 is 0 Å². The van der Waals surface area contributed by atoms with Crippen molar-refractivity contribution in [2.45, 2.75) is 20.3 Å². The number of hydrogen-bond acceptors (Lipinski definition) is 2. The fraction of sp³-hybridized carbons (Fsp3) is 0.231. The fourth-order valence-corrected chi connectivity index (χ4v) is 1.50. The third kappa shape index (κ3) is 2.71. The summed E-state index contributed by atoms with van der Waals surface area (Å²) >= 11 is 0. The van der Waals surface area contributed by atoms with Crippen LogP contribution >= 0.6 is 0 Å². The first kappa shape index (κ1) is 12.0. The number of allylic oxidation sites excluding steroid dienone is 1. The van der Waals surface area contributed by atoms with Gasteiger partial charge in [-0.05, 0) is 25.0 Å². The summed E-state index contributed by atoms with van der Waals surface area (Å²) in [6.07, 6.45) is 2.55. The molecule has 0 saturated heterocycles. The highest BCUT2D eigenvalue weighted by Gasteiger charge is 2.13. The number of anilines is 1. The number of amides is 1. The quantitative estimate of drug-likeness (QED) is 0.441. The minimum absolute atomic E-state index is 0.281. The molecule has 82 valence electrons. The number of nitriles is 1. The highest BCUT2D eigenvalue weighted by Crippen LogP contribution is 2.22. The molecule has 0 bridgehead atoms. The Morgan fingerprint density at radius 3 is 2.56 bits per heavy atom. The lowest BCUT2D eigenvalue weighted by atomic mass is 10.0. The molecule has 1 aromatic rings. The number of carbonyl (C=O) groups is 1. The molecule has 0 aliphatic heterocycles. The van der Waals surface area contributed by atoms with E-state index in [2.05, 4.69) is 6.58 Å². The minimum Gasteiger partial charge on any atom is -0.274 e. The molecule has 3 heteroatoms. The van der Waals surface area contributed by atoms with Crippen LogP contribution in [0.2, 0.25) is 0 Å². The molecule has 1 rings (SSSR count). The van der Waals surface area contributed by atoms with Crippen molar-refractivity contribution in [3.05, 3.63) is 42.0 Å². The zero-order valence-corrected chi connectivity index (χ0v) is 9.53. The predicted octanol–water partition coefficient (Wildman–Crippen LogP) is 2.64. The van der Waals surface area contributed by atoms with Crippen LogP contribution in [0.15, 0.2) is 36.4 Å². The van der Waals surface area contributed by atoms with Crippen molar-refractivity contribution in [3.8, 4) is 6.19 Å². The summed E-state index contributed by atoms with van der Waals surface area (Å²) in [7, 11) is 0. The number of para-hydroxylation sites is 1. The molecule has 3 nitrogen and oxygen atoms in total. The average Bonchev–Trinajstić information content (AvgIpc) is 2.20. The molecule has 0 fully saturated rings. The Morgan fingerprint density at radius 1 is 1.44 bits per heavy atom. The van der Waals surface area contributed by atoms with Gasteiger partial charge in [-0.2, -0.15) is 5.26 Å². The number of benzene rings is 1. The van der Waals surface area contributed by atoms with Crippen LogP contribution in [0.25, 0.3) is 0 Å². The zero-order valence-electron chi connectivity index (χ0n) is 9.53. The van der Waals surface area contributed by atoms with Gasteiger partial charge in [0.25, 0.3) is 0 Å². The van der Waals surface area contributed by atoms with Crippen LogP contribution in [0.5, 0.6) is 0 Å². The molecule has 0 saturated carbocycles. The Bertz CT molecular complexity index is 457. The van der Waals surface area contributed by atoms with E-state index < -0.39 is 0 Å². The van der Waals surface area contributed by atoms with Crippen molar-refractivity contribution in [2.24, 2.45) is 0 Å². The lowest BCUT2D eigenvalue weighted by Gasteiger charge is -2.15. The molecule has 0 aliphatic rings. The molecule has 1 aromatic carbocycles. The molecule has 0 radical (unpaired) electrons. The summed E-state index contributed by atoms with van der Waals surface area (Å²) in [5.41, 5.74) is 2.57. The average molecular weight is 214 g/mol. The second-order valence-corrected chi connectivity index (χ2v) is 3.72. The Morgan fingerprint density at radius 2 is 2.06 bits per heavy atom. The summed E-state index contributed by atoms with van der Waals surface area (Å²) in [5, 5.41) is 8.94. The van der Waals surface area contributed by atoms with Gasteiger partial charge in [0, 0.05) is 6.92 Å². The summed E-state index contributed by atoms with van der Waals surface area (Å²) in [5.74, 6) is -0.281. The summed E-state index contributed by atoms with van der Waals surface area (Å²) in [6.45, 7) is 7.13. The molecule has 0 unspecified atom stereocenters. The maximum Gasteiger partial charge on any atom is 0.237 e. The van der Waals surface area contributed by atoms with Crippen LogP contribution in [0.3, 0.4) is 0 Å². The van der Waals surface area contributed by atoms with Crippen LogP contribution in [-0.4, -0.2) is 5.91 Å². The molecular weight excluding hydrogens is 200 g/mol. The number of hydrogen-bond donors (Lipinski definition) is 0. The molecule has 0 spiro atoms. The first-order chi connectivity index (χ1) is 7.56.